The van der Waals surface area contributed by atoms with Crippen LogP contribution in [0.3, 0.4) is 0 Å². The van der Waals surface area contributed by atoms with Crippen LogP contribution in [-0.4, -0.2) is 25.6 Å². The first-order valence-electron chi connectivity index (χ1n) is 7.80. The maximum Gasteiger partial charge on any atom is 0.192 e. The molecule has 2 rings (SSSR count). The molecular weight excluding hydrogens is 264 g/mol. The first kappa shape index (κ1) is 16.0. The molecule has 0 saturated heterocycles. The highest BCUT2D eigenvalue weighted by atomic mass is 28.4. The van der Waals surface area contributed by atoms with Crippen LogP contribution < -0.4 is 0 Å². The zero-order valence-electron chi connectivity index (χ0n) is 13.7. The molecule has 0 radical (unpaired) electrons. The molecule has 0 heterocycles. The molecule has 0 aromatic rings. The lowest BCUT2D eigenvalue weighted by Crippen LogP contribution is -2.40. The minimum Gasteiger partial charge on any atom is -0.413 e. The van der Waals surface area contributed by atoms with Gasteiger partial charge in [0.15, 0.2) is 8.32 Å². The van der Waals surface area contributed by atoms with Gasteiger partial charge in [-0.25, -0.2) is 0 Å². The lowest BCUT2D eigenvalue weighted by atomic mass is 9.91. The first-order chi connectivity index (χ1) is 9.12. The summed E-state index contributed by atoms with van der Waals surface area (Å²) in [5.41, 5.74) is 0.741. The summed E-state index contributed by atoms with van der Waals surface area (Å²) in [5, 5.41) is 10.9. The third-order valence-electron chi connectivity index (χ3n) is 5.87. The van der Waals surface area contributed by atoms with Gasteiger partial charge in [-0.2, -0.15) is 0 Å². The average Bonchev–Trinajstić information content (AvgIpc) is 2.79. The van der Waals surface area contributed by atoms with Gasteiger partial charge in [0, 0.05) is 5.92 Å². The first-order valence-corrected chi connectivity index (χ1v) is 10.7. The van der Waals surface area contributed by atoms with E-state index < -0.39 is 13.9 Å². The molecule has 20 heavy (non-hydrogen) atoms. The Morgan fingerprint density at radius 2 is 2.05 bits per heavy atom. The van der Waals surface area contributed by atoms with E-state index in [9.17, 15) is 5.11 Å². The molecule has 2 aliphatic rings. The summed E-state index contributed by atoms with van der Waals surface area (Å²) < 4.78 is 6.22. The van der Waals surface area contributed by atoms with Gasteiger partial charge in [-0.1, -0.05) is 38.5 Å². The monoisotopic (exact) mass is 294 g/mol. The molecule has 3 heteroatoms. The summed E-state index contributed by atoms with van der Waals surface area (Å²) in [6, 6.07) is 0. The number of fused-ring (bicyclic) bond motifs is 2. The minimum absolute atomic E-state index is 0.252. The Labute approximate surface area is 125 Å². The Morgan fingerprint density at radius 3 is 2.55 bits per heavy atom. The second-order valence-electron chi connectivity index (χ2n) is 7.97. The van der Waals surface area contributed by atoms with E-state index in [1.54, 1.807) is 6.08 Å². The summed E-state index contributed by atoms with van der Waals surface area (Å²) in [6.45, 7) is 15.9. The van der Waals surface area contributed by atoms with E-state index in [0.717, 1.165) is 19.3 Å². The van der Waals surface area contributed by atoms with Gasteiger partial charge in [0.05, 0.1) is 12.2 Å². The van der Waals surface area contributed by atoms with Gasteiger partial charge in [0.25, 0.3) is 0 Å². The summed E-state index contributed by atoms with van der Waals surface area (Å²) in [5.74, 6) is 0.664. The van der Waals surface area contributed by atoms with E-state index in [0.29, 0.717) is 12.5 Å². The van der Waals surface area contributed by atoms with Crippen molar-refractivity contribution >= 4 is 8.32 Å². The predicted molar refractivity (Wildman–Crippen MR) is 87.2 cm³/mol. The van der Waals surface area contributed by atoms with Gasteiger partial charge in [-0.3, -0.25) is 0 Å². The normalized spacial score (nSPS) is 35.8. The molecule has 2 bridgehead atoms. The number of hydrogen-bond donors (Lipinski definition) is 1. The Balaban J connectivity index is 2.00. The van der Waals surface area contributed by atoms with E-state index in [1.807, 2.05) is 0 Å². The number of rotatable bonds is 4. The molecular formula is C17H30O2Si. The van der Waals surface area contributed by atoms with Crippen LogP contribution in [0.15, 0.2) is 24.3 Å². The van der Waals surface area contributed by atoms with Crippen LogP contribution in [0.2, 0.25) is 18.1 Å². The SMILES string of the molecule is C=C[C@@]1(O)[C@H]2CC[C@@H]1/C(=C\CO[Si](C)(C)C(C)(C)C)C2. The van der Waals surface area contributed by atoms with Crippen LogP contribution >= 0.6 is 0 Å². The Morgan fingerprint density at radius 1 is 1.40 bits per heavy atom. The third-order valence-corrected chi connectivity index (χ3v) is 10.4. The van der Waals surface area contributed by atoms with Crippen LogP contribution in [0.25, 0.3) is 0 Å². The van der Waals surface area contributed by atoms with Gasteiger partial charge < -0.3 is 9.53 Å². The fourth-order valence-corrected chi connectivity index (χ4v) is 4.33. The molecule has 2 nitrogen and oxygen atoms in total. The van der Waals surface area contributed by atoms with Crippen LogP contribution in [-0.2, 0) is 4.43 Å². The van der Waals surface area contributed by atoms with Crippen molar-refractivity contribution in [1.29, 1.82) is 0 Å². The molecule has 114 valence electrons. The molecule has 2 saturated carbocycles. The van der Waals surface area contributed by atoms with Crippen LogP contribution in [0.1, 0.15) is 40.0 Å². The minimum atomic E-state index is -1.67. The van der Waals surface area contributed by atoms with Crippen molar-refractivity contribution < 1.29 is 9.53 Å². The van der Waals surface area contributed by atoms with Crippen LogP contribution in [0.4, 0.5) is 0 Å². The van der Waals surface area contributed by atoms with Crippen molar-refractivity contribution in [2.45, 2.75) is 63.8 Å². The molecule has 0 aromatic carbocycles. The second kappa shape index (κ2) is 5.11. The molecule has 0 aliphatic heterocycles. The Hall–Kier alpha value is -0.383. The fourth-order valence-electron chi connectivity index (χ4n) is 3.40. The molecule has 0 amide bonds. The van der Waals surface area contributed by atoms with Gasteiger partial charge in [0.1, 0.15) is 0 Å². The van der Waals surface area contributed by atoms with Crippen molar-refractivity contribution in [3.63, 3.8) is 0 Å². The van der Waals surface area contributed by atoms with E-state index in [4.69, 9.17) is 4.43 Å². The highest BCUT2D eigenvalue weighted by Gasteiger charge is 2.53. The fraction of sp³-hybridized carbons (Fsp3) is 0.765. The molecule has 0 unspecified atom stereocenters. The van der Waals surface area contributed by atoms with Crippen LogP contribution in [0, 0.1) is 11.8 Å². The molecule has 0 aromatic heterocycles. The zero-order chi connectivity index (χ0) is 15.2. The van der Waals surface area contributed by atoms with E-state index in [-0.39, 0.29) is 11.0 Å². The maximum atomic E-state index is 10.7. The lowest BCUT2D eigenvalue weighted by Gasteiger charge is -2.36. The van der Waals surface area contributed by atoms with E-state index in [1.165, 1.54) is 5.57 Å². The highest BCUT2D eigenvalue weighted by Crippen LogP contribution is 2.55. The van der Waals surface area contributed by atoms with Crippen molar-refractivity contribution in [2.75, 3.05) is 6.61 Å². The summed E-state index contributed by atoms with van der Waals surface area (Å²) in [6.07, 6.45) is 7.25. The third kappa shape index (κ3) is 2.56. The summed E-state index contributed by atoms with van der Waals surface area (Å²) in [4.78, 5) is 0. The molecule has 1 N–H and O–H groups in total. The van der Waals surface area contributed by atoms with Crippen molar-refractivity contribution in [2.24, 2.45) is 11.8 Å². The molecule has 2 aliphatic carbocycles. The smallest absolute Gasteiger partial charge is 0.192 e. The van der Waals surface area contributed by atoms with Gasteiger partial charge >= 0.3 is 0 Å². The van der Waals surface area contributed by atoms with Gasteiger partial charge in [-0.05, 0) is 43.3 Å². The molecule has 2 fully saturated rings. The van der Waals surface area contributed by atoms with Crippen molar-refractivity contribution in [1.82, 2.24) is 0 Å². The van der Waals surface area contributed by atoms with Crippen LogP contribution in [0.5, 0.6) is 0 Å². The number of aliphatic hydroxyl groups is 1. The predicted octanol–water partition coefficient (Wildman–Crippen LogP) is 4.28. The van der Waals surface area contributed by atoms with E-state index in [2.05, 4.69) is 46.5 Å². The topological polar surface area (TPSA) is 29.5 Å². The van der Waals surface area contributed by atoms with Crippen molar-refractivity contribution in [3.05, 3.63) is 24.3 Å². The van der Waals surface area contributed by atoms with Crippen molar-refractivity contribution in [3.8, 4) is 0 Å². The molecule has 0 spiro atoms. The van der Waals surface area contributed by atoms with Gasteiger partial charge in [-0.15, -0.1) is 6.58 Å². The lowest BCUT2D eigenvalue weighted by molar-refractivity contribution is 0.0487. The number of hydrogen-bond acceptors (Lipinski definition) is 2. The largest absolute Gasteiger partial charge is 0.413 e. The molecule has 3 atom stereocenters. The Kier molecular flexibility index (Phi) is 4.09. The maximum absolute atomic E-state index is 10.7. The highest BCUT2D eigenvalue weighted by molar-refractivity contribution is 6.74. The average molecular weight is 295 g/mol. The Bertz CT molecular complexity index is 419. The van der Waals surface area contributed by atoms with Gasteiger partial charge in [0.2, 0.25) is 0 Å². The second-order valence-corrected chi connectivity index (χ2v) is 12.8. The summed E-state index contributed by atoms with van der Waals surface area (Å²) in [7, 11) is -1.67. The standard InChI is InChI=1S/C17H30O2Si/c1-7-17(18)14-8-9-15(17)13(12-14)10-11-19-20(5,6)16(2,3)4/h7,10,14-15,18H,1,8-9,11-12H2,2-6H3/b13-10-/t14-,15+,17+/m0/s1. The quantitative estimate of drug-likeness (QED) is 0.619. The zero-order valence-corrected chi connectivity index (χ0v) is 14.7. The summed E-state index contributed by atoms with van der Waals surface area (Å²) >= 11 is 0. The van der Waals surface area contributed by atoms with E-state index >= 15 is 0 Å².